The zero-order chi connectivity index (χ0) is 16.4. The first-order valence-electron chi connectivity index (χ1n) is 7.12. The summed E-state index contributed by atoms with van der Waals surface area (Å²) in [6.07, 6.45) is -0.885. The summed E-state index contributed by atoms with van der Waals surface area (Å²) < 4.78 is 40.0. The zero-order valence-corrected chi connectivity index (χ0v) is 12.9. The van der Waals surface area contributed by atoms with Crippen molar-refractivity contribution in [2.24, 2.45) is 4.99 Å². The number of halogens is 3. The molecule has 1 aliphatic rings. The fourth-order valence-electron chi connectivity index (χ4n) is 2.44. The molecule has 3 rings (SSSR count). The van der Waals surface area contributed by atoms with Crippen molar-refractivity contribution in [3.05, 3.63) is 46.2 Å². The Morgan fingerprint density at radius 3 is 2.65 bits per heavy atom. The Labute approximate surface area is 134 Å². The molecule has 1 fully saturated rings. The van der Waals surface area contributed by atoms with Crippen molar-refractivity contribution < 1.29 is 18.0 Å². The Morgan fingerprint density at radius 2 is 1.96 bits per heavy atom. The highest BCUT2D eigenvalue weighted by atomic mass is 32.1. The molecule has 1 saturated heterocycles. The van der Waals surface area contributed by atoms with E-state index < -0.39 is 11.7 Å². The third kappa shape index (κ3) is 3.47. The number of hydrogen-bond acceptors (Lipinski definition) is 2. The second kappa shape index (κ2) is 6.19. The van der Waals surface area contributed by atoms with Crippen molar-refractivity contribution in [2.75, 3.05) is 13.1 Å². The van der Waals surface area contributed by atoms with E-state index in [0.717, 1.165) is 25.0 Å². The van der Waals surface area contributed by atoms with E-state index in [2.05, 4.69) is 4.99 Å². The number of hydrogen-bond donors (Lipinski definition) is 0. The Kier molecular flexibility index (Phi) is 4.25. The molecule has 1 aromatic heterocycles. The normalized spacial score (nSPS) is 16.1. The molecule has 0 spiro atoms. The van der Waals surface area contributed by atoms with E-state index >= 15 is 0 Å². The molecule has 4 nitrogen and oxygen atoms in total. The van der Waals surface area contributed by atoms with Gasteiger partial charge in [-0.2, -0.15) is 18.2 Å². The summed E-state index contributed by atoms with van der Waals surface area (Å²) in [6, 6.07) is 4.62. The van der Waals surface area contributed by atoms with E-state index in [-0.39, 0.29) is 6.03 Å². The van der Waals surface area contributed by atoms with Gasteiger partial charge in [0, 0.05) is 30.4 Å². The molecular weight excluding hydrogens is 327 g/mol. The zero-order valence-electron chi connectivity index (χ0n) is 12.1. The molecule has 0 N–H and O–H groups in total. The minimum Gasteiger partial charge on any atom is -0.323 e. The van der Waals surface area contributed by atoms with Crippen LogP contribution in [-0.4, -0.2) is 28.6 Å². The van der Waals surface area contributed by atoms with Crippen LogP contribution in [0.2, 0.25) is 0 Å². The van der Waals surface area contributed by atoms with Crippen LogP contribution in [-0.2, 0) is 6.18 Å². The van der Waals surface area contributed by atoms with Crippen molar-refractivity contribution in [2.45, 2.75) is 19.0 Å². The molecular formula is C15H14F3N3OS. The number of alkyl halides is 3. The number of aromatic nitrogens is 1. The molecule has 2 amide bonds. The van der Waals surface area contributed by atoms with E-state index in [1.54, 1.807) is 22.5 Å². The Bertz CT molecular complexity index is 773. The number of amides is 2. The molecule has 0 atom stereocenters. The summed E-state index contributed by atoms with van der Waals surface area (Å²) in [5.74, 6) is 0. The predicted molar refractivity (Wildman–Crippen MR) is 80.4 cm³/mol. The summed E-state index contributed by atoms with van der Waals surface area (Å²) in [7, 11) is 0. The highest BCUT2D eigenvalue weighted by molar-refractivity contribution is 7.07. The Hall–Kier alpha value is -2.09. The number of carbonyl (C=O) groups is 1. The number of carbonyl (C=O) groups excluding carboxylic acids is 1. The molecule has 0 unspecified atom stereocenters. The lowest BCUT2D eigenvalue weighted by Crippen LogP contribution is -2.27. The molecule has 8 heteroatoms. The topological polar surface area (TPSA) is 37.6 Å². The summed E-state index contributed by atoms with van der Waals surface area (Å²) >= 11 is 1.21. The van der Waals surface area contributed by atoms with Gasteiger partial charge >= 0.3 is 12.2 Å². The van der Waals surface area contributed by atoms with Gasteiger partial charge in [-0.15, -0.1) is 11.3 Å². The SMILES string of the molecule is O=C(N=c1sccn1-c1cccc(C(F)(F)F)c1)N1CCCC1. The Balaban J connectivity index is 1.96. The van der Waals surface area contributed by atoms with Gasteiger partial charge in [-0.25, -0.2) is 4.79 Å². The lowest BCUT2D eigenvalue weighted by molar-refractivity contribution is -0.137. The average molecular weight is 341 g/mol. The molecule has 2 heterocycles. The number of urea groups is 1. The molecule has 1 aromatic carbocycles. The summed E-state index contributed by atoms with van der Waals surface area (Å²) in [5.41, 5.74) is -0.403. The van der Waals surface area contributed by atoms with Gasteiger partial charge in [-0.3, -0.25) is 4.57 Å². The van der Waals surface area contributed by atoms with Crippen LogP contribution >= 0.6 is 11.3 Å². The predicted octanol–water partition coefficient (Wildman–Crippen LogP) is 3.67. The molecule has 0 bridgehead atoms. The third-order valence-electron chi connectivity index (χ3n) is 3.61. The maximum absolute atomic E-state index is 12.8. The van der Waals surface area contributed by atoms with Crippen LogP contribution in [0.1, 0.15) is 18.4 Å². The lowest BCUT2D eigenvalue weighted by atomic mass is 10.2. The monoisotopic (exact) mass is 341 g/mol. The van der Waals surface area contributed by atoms with E-state index in [1.807, 2.05) is 0 Å². The standard InChI is InChI=1S/C15H14F3N3OS/c16-15(17,18)11-4-3-5-12(10-11)21-8-9-23-14(21)19-13(22)20-6-1-2-7-20/h3-5,8-10H,1-2,6-7H2. The summed E-state index contributed by atoms with van der Waals surface area (Å²) in [6.45, 7) is 1.36. The molecule has 2 aromatic rings. The summed E-state index contributed by atoms with van der Waals surface area (Å²) in [4.78, 5) is 18.2. The molecule has 23 heavy (non-hydrogen) atoms. The fourth-order valence-corrected chi connectivity index (χ4v) is 3.16. The quantitative estimate of drug-likeness (QED) is 0.780. The van der Waals surface area contributed by atoms with E-state index in [9.17, 15) is 18.0 Å². The van der Waals surface area contributed by atoms with Gasteiger partial charge in [-0.05, 0) is 31.0 Å². The second-order valence-electron chi connectivity index (χ2n) is 5.19. The fraction of sp³-hybridized carbons (Fsp3) is 0.333. The van der Waals surface area contributed by atoms with Crippen LogP contribution in [0.5, 0.6) is 0 Å². The van der Waals surface area contributed by atoms with E-state index in [4.69, 9.17) is 0 Å². The van der Waals surface area contributed by atoms with Crippen LogP contribution < -0.4 is 4.80 Å². The van der Waals surface area contributed by atoms with Gasteiger partial charge in [-0.1, -0.05) is 6.07 Å². The Morgan fingerprint density at radius 1 is 1.22 bits per heavy atom. The highest BCUT2D eigenvalue weighted by Crippen LogP contribution is 2.30. The van der Waals surface area contributed by atoms with Crippen LogP contribution in [0.3, 0.4) is 0 Å². The van der Waals surface area contributed by atoms with Gasteiger partial charge in [0.1, 0.15) is 0 Å². The van der Waals surface area contributed by atoms with Gasteiger partial charge in [0.25, 0.3) is 0 Å². The molecule has 0 saturated carbocycles. The van der Waals surface area contributed by atoms with Crippen LogP contribution in [0, 0.1) is 0 Å². The molecule has 0 aliphatic carbocycles. The van der Waals surface area contributed by atoms with Crippen molar-refractivity contribution in [1.82, 2.24) is 9.47 Å². The van der Waals surface area contributed by atoms with Crippen molar-refractivity contribution in [1.29, 1.82) is 0 Å². The smallest absolute Gasteiger partial charge is 0.323 e. The van der Waals surface area contributed by atoms with Crippen molar-refractivity contribution >= 4 is 17.4 Å². The molecule has 0 radical (unpaired) electrons. The largest absolute Gasteiger partial charge is 0.416 e. The van der Waals surface area contributed by atoms with Gasteiger partial charge in [0.2, 0.25) is 0 Å². The van der Waals surface area contributed by atoms with Gasteiger partial charge in [0.15, 0.2) is 4.80 Å². The summed E-state index contributed by atoms with van der Waals surface area (Å²) in [5, 5.41) is 1.69. The first kappa shape index (κ1) is 15.8. The number of likely N-dealkylation sites (tertiary alicyclic amines) is 1. The number of nitrogens with zero attached hydrogens (tertiary/aromatic N) is 3. The highest BCUT2D eigenvalue weighted by Gasteiger charge is 2.30. The maximum Gasteiger partial charge on any atom is 0.416 e. The number of benzene rings is 1. The maximum atomic E-state index is 12.8. The van der Waals surface area contributed by atoms with E-state index in [0.29, 0.717) is 23.6 Å². The first-order valence-corrected chi connectivity index (χ1v) is 8.00. The number of rotatable bonds is 1. The lowest BCUT2D eigenvalue weighted by Gasteiger charge is -2.11. The minimum absolute atomic E-state index is 0.328. The van der Waals surface area contributed by atoms with E-state index in [1.165, 1.54) is 22.0 Å². The first-order chi connectivity index (χ1) is 10.9. The molecule has 1 aliphatic heterocycles. The van der Waals surface area contributed by atoms with Gasteiger partial charge in [0.05, 0.1) is 5.56 Å². The van der Waals surface area contributed by atoms with Crippen LogP contribution in [0.15, 0.2) is 40.8 Å². The van der Waals surface area contributed by atoms with Crippen LogP contribution in [0.25, 0.3) is 5.69 Å². The second-order valence-corrected chi connectivity index (χ2v) is 6.07. The third-order valence-corrected chi connectivity index (χ3v) is 4.37. The molecule has 122 valence electrons. The average Bonchev–Trinajstić information content (AvgIpc) is 3.18. The van der Waals surface area contributed by atoms with Crippen molar-refractivity contribution in [3.8, 4) is 5.69 Å². The van der Waals surface area contributed by atoms with Crippen LogP contribution in [0.4, 0.5) is 18.0 Å². The van der Waals surface area contributed by atoms with Crippen molar-refractivity contribution in [3.63, 3.8) is 0 Å². The minimum atomic E-state index is -4.41. The number of thiazole rings is 1. The van der Waals surface area contributed by atoms with Gasteiger partial charge < -0.3 is 4.90 Å².